The fraction of sp³-hybridized carbons (Fsp3) is 1.00. The Morgan fingerprint density at radius 3 is 2.76 bits per heavy atom. The predicted molar refractivity (Wildman–Crippen MR) is 56.8 cm³/mol. The Morgan fingerprint density at radius 2 is 2.24 bits per heavy atom. The molecule has 17 heavy (non-hydrogen) atoms. The third-order valence-electron chi connectivity index (χ3n) is 2.67. The number of aliphatic hydroxyl groups is 1. The van der Waals surface area contributed by atoms with Crippen molar-refractivity contribution < 1.29 is 23.0 Å². The van der Waals surface area contributed by atoms with Crippen LogP contribution in [0.5, 0.6) is 0 Å². The lowest BCUT2D eigenvalue weighted by atomic mass is 10.1. The molecule has 3 atom stereocenters. The van der Waals surface area contributed by atoms with Crippen molar-refractivity contribution in [3.05, 3.63) is 0 Å². The van der Waals surface area contributed by atoms with Gasteiger partial charge in [-0.15, -0.1) is 0 Å². The molecule has 1 heterocycles. The molecule has 0 aromatic rings. The first kappa shape index (κ1) is 14.7. The summed E-state index contributed by atoms with van der Waals surface area (Å²) in [6.07, 6.45) is -6.19. The minimum Gasteiger partial charge on any atom is -0.382 e. The number of morpholine rings is 1. The normalized spacial score (nSPS) is 25.6. The average Bonchev–Trinajstić information content (AvgIpc) is 2.26. The maximum absolute atomic E-state index is 12.0. The second-order valence-corrected chi connectivity index (χ2v) is 4.33. The summed E-state index contributed by atoms with van der Waals surface area (Å²) in [5.74, 6) is 0. The highest BCUT2D eigenvalue weighted by molar-refractivity contribution is 4.77. The van der Waals surface area contributed by atoms with E-state index >= 15 is 0 Å². The lowest BCUT2D eigenvalue weighted by molar-refractivity contribution is -0.202. The van der Waals surface area contributed by atoms with E-state index in [1.807, 2.05) is 0 Å². The molecule has 102 valence electrons. The van der Waals surface area contributed by atoms with E-state index in [0.717, 1.165) is 6.54 Å². The molecule has 0 aromatic heterocycles. The van der Waals surface area contributed by atoms with Gasteiger partial charge in [-0.05, 0) is 13.3 Å². The Morgan fingerprint density at radius 1 is 1.53 bits per heavy atom. The summed E-state index contributed by atoms with van der Waals surface area (Å²) in [4.78, 5) is 0. The molecule has 0 spiro atoms. The van der Waals surface area contributed by atoms with Crippen LogP contribution in [0, 0.1) is 0 Å². The number of halogens is 3. The predicted octanol–water partition coefficient (Wildman–Crippen LogP) is 0.266. The van der Waals surface area contributed by atoms with E-state index in [1.54, 1.807) is 6.92 Å². The lowest BCUT2D eigenvalue weighted by Gasteiger charge is -2.27. The molecule has 3 N–H and O–H groups in total. The summed E-state index contributed by atoms with van der Waals surface area (Å²) in [5.41, 5.74) is 0. The minimum atomic E-state index is -4.56. The van der Waals surface area contributed by atoms with E-state index in [4.69, 9.17) is 9.84 Å². The van der Waals surface area contributed by atoms with Gasteiger partial charge < -0.3 is 20.5 Å². The summed E-state index contributed by atoms with van der Waals surface area (Å²) in [7, 11) is 0. The highest BCUT2D eigenvalue weighted by Gasteiger charge is 2.37. The molecule has 1 saturated heterocycles. The van der Waals surface area contributed by atoms with Gasteiger partial charge in [0.2, 0.25) is 0 Å². The first-order chi connectivity index (χ1) is 7.89. The van der Waals surface area contributed by atoms with Gasteiger partial charge in [0.25, 0.3) is 0 Å². The van der Waals surface area contributed by atoms with Crippen LogP contribution >= 0.6 is 0 Å². The van der Waals surface area contributed by atoms with Crippen molar-refractivity contribution >= 4 is 0 Å². The Balaban J connectivity index is 2.18. The smallest absolute Gasteiger partial charge is 0.382 e. The maximum Gasteiger partial charge on any atom is 0.415 e. The molecular formula is C10H19F3N2O2. The molecule has 0 aromatic carbocycles. The van der Waals surface area contributed by atoms with Gasteiger partial charge in [0.1, 0.15) is 0 Å². The fourth-order valence-corrected chi connectivity index (χ4v) is 1.71. The summed E-state index contributed by atoms with van der Waals surface area (Å²) in [6, 6.07) is 0.0560. The Bertz CT molecular complexity index is 220. The molecule has 0 radical (unpaired) electrons. The SMILES string of the molecule is CC(CC1COCCN1)NCC(O)C(F)(F)F. The number of ether oxygens (including phenoxy) is 1. The number of aliphatic hydroxyl groups excluding tert-OH is 1. The van der Waals surface area contributed by atoms with Gasteiger partial charge in [-0.25, -0.2) is 0 Å². The molecule has 7 heteroatoms. The molecule has 1 aliphatic heterocycles. The Labute approximate surface area is 98.5 Å². The Hall–Kier alpha value is -0.370. The van der Waals surface area contributed by atoms with Crippen LogP contribution < -0.4 is 10.6 Å². The van der Waals surface area contributed by atoms with E-state index in [2.05, 4.69) is 10.6 Å². The third-order valence-corrected chi connectivity index (χ3v) is 2.67. The van der Waals surface area contributed by atoms with Crippen molar-refractivity contribution in [2.75, 3.05) is 26.3 Å². The van der Waals surface area contributed by atoms with Crippen LogP contribution in [0.2, 0.25) is 0 Å². The molecule has 0 bridgehead atoms. The van der Waals surface area contributed by atoms with Crippen LogP contribution in [0.1, 0.15) is 13.3 Å². The number of hydrogen-bond donors (Lipinski definition) is 3. The molecule has 0 aliphatic carbocycles. The number of hydrogen-bond acceptors (Lipinski definition) is 4. The zero-order valence-corrected chi connectivity index (χ0v) is 9.76. The molecule has 1 aliphatic rings. The largest absolute Gasteiger partial charge is 0.415 e. The van der Waals surface area contributed by atoms with E-state index in [9.17, 15) is 13.2 Å². The van der Waals surface area contributed by atoms with Crippen molar-refractivity contribution in [3.63, 3.8) is 0 Å². The first-order valence-corrected chi connectivity index (χ1v) is 5.69. The van der Waals surface area contributed by atoms with E-state index in [0.29, 0.717) is 19.6 Å². The molecule has 3 unspecified atom stereocenters. The second kappa shape index (κ2) is 6.53. The van der Waals surface area contributed by atoms with Crippen LogP contribution in [0.15, 0.2) is 0 Å². The van der Waals surface area contributed by atoms with Gasteiger partial charge in [-0.1, -0.05) is 0 Å². The first-order valence-electron chi connectivity index (χ1n) is 5.69. The van der Waals surface area contributed by atoms with E-state index in [-0.39, 0.29) is 12.1 Å². The fourth-order valence-electron chi connectivity index (χ4n) is 1.71. The monoisotopic (exact) mass is 256 g/mol. The molecule has 1 rings (SSSR count). The van der Waals surface area contributed by atoms with Gasteiger partial charge >= 0.3 is 6.18 Å². The van der Waals surface area contributed by atoms with Crippen molar-refractivity contribution in [1.29, 1.82) is 0 Å². The van der Waals surface area contributed by atoms with Crippen molar-refractivity contribution in [2.24, 2.45) is 0 Å². The zero-order valence-electron chi connectivity index (χ0n) is 9.76. The zero-order chi connectivity index (χ0) is 12.9. The number of alkyl halides is 3. The topological polar surface area (TPSA) is 53.5 Å². The molecule has 4 nitrogen and oxygen atoms in total. The summed E-state index contributed by atoms with van der Waals surface area (Å²) < 4.78 is 41.4. The number of rotatable bonds is 5. The minimum absolute atomic E-state index is 0.105. The highest BCUT2D eigenvalue weighted by Crippen LogP contribution is 2.19. The van der Waals surface area contributed by atoms with Gasteiger partial charge in [-0.2, -0.15) is 13.2 Å². The van der Waals surface area contributed by atoms with Crippen molar-refractivity contribution in [1.82, 2.24) is 10.6 Å². The van der Waals surface area contributed by atoms with Gasteiger partial charge in [0.05, 0.1) is 13.2 Å². The molecule has 0 amide bonds. The summed E-state index contributed by atoms with van der Waals surface area (Å²) in [5, 5.41) is 14.7. The van der Waals surface area contributed by atoms with Crippen LogP contribution in [0.3, 0.4) is 0 Å². The van der Waals surface area contributed by atoms with Gasteiger partial charge in [-0.3, -0.25) is 0 Å². The summed E-state index contributed by atoms with van der Waals surface area (Å²) >= 11 is 0. The highest BCUT2D eigenvalue weighted by atomic mass is 19.4. The van der Waals surface area contributed by atoms with Gasteiger partial charge in [0.15, 0.2) is 6.10 Å². The number of nitrogens with one attached hydrogen (secondary N) is 2. The van der Waals surface area contributed by atoms with Crippen LogP contribution in [-0.2, 0) is 4.74 Å². The van der Waals surface area contributed by atoms with Gasteiger partial charge in [0, 0.05) is 25.2 Å². The third kappa shape index (κ3) is 5.67. The van der Waals surface area contributed by atoms with Crippen LogP contribution in [-0.4, -0.2) is 55.8 Å². The van der Waals surface area contributed by atoms with Crippen molar-refractivity contribution in [2.45, 2.75) is 37.7 Å². The quantitative estimate of drug-likeness (QED) is 0.661. The molecule has 0 saturated carbocycles. The standard InChI is InChI=1S/C10H19F3N2O2/c1-7(4-8-6-17-3-2-14-8)15-5-9(16)10(11,12)13/h7-9,14-16H,2-6H2,1H3. The molecule has 1 fully saturated rings. The summed E-state index contributed by atoms with van der Waals surface area (Å²) in [6.45, 7) is 3.33. The van der Waals surface area contributed by atoms with E-state index in [1.165, 1.54) is 0 Å². The second-order valence-electron chi connectivity index (χ2n) is 4.33. The van der Waals surface area contributed by atoms with Crippen molar-refractivity contribution in [3.8, 4) is 0 Å². The maximum atomic E-state index is 12.0. The average molecular weight is 256 g/mol. The Kier molecular flexibility index (Phi) is 5.64. The molecular weight excluding hydrogens is 237 g/mol. The van der Waals surface area contributed by atoms with E-state index < -0.39 is 18.8 Å². The lowest BCUT2D eigenvalue weighted by Crippen LogP contribution is -2.47. The van der Waals surface area contributed by atoms with Crippen LogP contribution in [0.25, 0.3) is 0 Å². The van der Waals surface area contributed by atoms with Crippen LogP contribution in [0.4, 0.5) is 13.2 Å².